The maximum Gasteiger partial charge on any atom is 0.121 e. The van der Waals surface area contributed by atoms with Crippen LogP contribution in [0.25, 0.3) is 0 Å². The van der Waals surface area contributed by atoms with Gasteiger partial charge < -0.3 is 10.5 Å². The highest BCUT2D eigenvalue weighted by Gasteiger charge is 2.08. The van der Waals surface area contributed by atoms with Gasteiger partial charge in [0.25, 0.3) is 0 Å². The van der Waals surface area contributed by atoms with E-state index in [2.05, 4.69) is 0 Å². The first-order valence-electron chi connectivity index (χ1n) is 4.27. The number of ether oxygens (including phenoxy) is 1. The number of hydrogen-bond donors (Lipinski definition) is 1. The molecule has 0 saturated carbocycles. The summed E-state index contributed by atoms with van der Waals surface area (Å²) in [5, 5.41) is 0.675. The van der Waals surface area contributed by atoms with Gasteiger partial charge in [-0.2, -0.15) is 0 Å². The van der Waals surface area contributed by atoms with Crippen molar-refractivity contribution in [2.45, 2.75) is 26.0 Å². The van der Waals surface area contributed by atoms with Gasteiger partial charge in [0, 0.05) is 11.1 Å². The quantitative estimate of drug-likeness (QED) is 0.812. The van der Waals surface area contributed by atoms with E-state index in [-0.39, 0.29) is 12.1 Å². The van der Waals surface area contributed by atoms with Crippen LogP contribution in [-0.4, -0.2) is 12.1 Å². The number of hydrogen-bond acceptors (Lipinski definition) is 2. The minimum absolute atomic E-state index is 0.00142. The predicted octanol–water partition coefficient (Wildman–Crippen LogP) is 2.45. The van der Waals surface area contributed by atoms with Crippen LogP contribution in [0.4, 0.5) is 0 Å². The van der Waals surface area contributed by atoms with Crippen molar-refractivity contribution < 1.29 is 4.74 Å². The van der Waals surface area contributed by atoms with Gasteiger partial charge in [0.15, 0.2) is 0 Å². The molecule has 0 amide bonds. The zero-order chi connectivity index (χ0) is 9.84. The number of halogens is 1. The zero-order valence-corrected chi connectivity index (χ0v) is 8.58. The molecule has 0 heterocycles. The van der Waals surface area contributed by atoms with Gasteiger partial charge in [0.1, 0.15) is 11.9 Å². The summed E-state index contributed by atoms with van der Waals surface area (Å²) in [4.78, 5) is 0. The summed E-state index contributed by atoms with van der Waals surface area (Å²) >= 11 is 5.80. The number of nitrogens with two attached hydrogens (primary N) is 1. The average molecular weight is 200 g/mol. The topological polar surface area (TPSA) is 35.2 Å². The van der Waals surface area contributed by atoms with Crippen LogP contribution in [0.2, 0.25) is 5.02 Å². The molecule has 0 aliphatic rings. The molecule has 0 aliphatic heterocycles. The van der Waals surface area contributed by atoms with Crippen molar-refractivity contribution in [2.75, 3.05) is 0 Å². The molecule has 3 heteroatoms. The van der Waals surface area contributed by atoms with Crippen LogP contribution in [0.1, 0.15) is 13.8 Å². The summed E-state index contributed by atoms with van der Waals surface area (Å²) in [5.74, 6) is 0.761. The Morgan fingerprint density at radius 2 is 2.08 bits per heavy atom. The molecule has 0 spiro atoms. The summed E-state index contributed by atoms with van der Waals surface area (Å²) in [6, 6.07) is 7.32. The van der Waals surface area contributed by atoms with E-state index in [4.69, 9.17) is 22.1 Å². The monoisotopic (exact) mass is 199 g/mol. The van der Waals surface area contributed by atoms with E-state index in [1.54, 1.807) is 6.07 Å². The highest BCUT2D eigenvalue weighted by atomic mass is 35.5. The van der Waals surface area contributed by atoms with Crippen molar-refractivity contribution in [3.8, 4) is 5.75 Å². The molecule has 1 rings (SSSR count). The van der Waals surface area contributed by atoms with E-state index in [1.165, 1.54) is 0 Å². The lowest BCUT2D eigenvalue weighted by atomic mass is 10.2. The fraction of sp³-hybridized carbons (Fsp3) is 0.400. The minimum atomic E-state index is -0.00142. The third kappa shape index (κ3) is 3.25. The first-order valence-corrected chi connectivity index (χ1v) is 4.65. The van der Waals surface area contributed by atoms with Crippen molar-refractivity contribution >= 4 is 11.6 Å². The second-order valence-electron chi connectivity index (χ2n) is 3.14. The standard InChI is InChI=1S/C10H14ClNO/c1-7(12)8(2)13-10-5-3-4-9(11)6-10/h3-8H,12H2,1-2H3/t7?,8-/m0/s1. The minimum Gasteiger partial charge on any atom is -0.489 e. The molecule has 0 radical (unpaired) electrons. The van der Waals surface area contributed by atoms with Gasteiger partial charge >= 0.3 is 0 Å². The molecule has 1 aromatic carbocycles. The molecule has 0 aromatic heterocycles. The van der Waals surface area contributed by atoms with Gasteiger partial charge in [-0.05, 0) is 32.0 Å². The maximum atomic E-state index is 5.80. The van der Waals surface area contributed by atoms with Crippen molar-refractivity contribution in [1.29, 1.82) is 0 Å². The van der Waals surface area contributed by atoms with Crippen LogP contribution in [0.5, 0.6) is 5.75 Å². The summed E-state index contributed by atoms with van der Waals surface area (Å²) in [7, 11) is 0. The molecule has 0 saturated heterocycles. The lowest BCUT2D eigenvalue weighted by Gasteiger charge is -2.17. The molecule has 13 heavy (non-hydrogen) atoms. The predicted molar refractivity (Wildman–Crippen MR) is 55.2 cm³/mol. The molecule has 72 valence electrons. The lowest BCUT2D eigenvalue weighted by Crippen LogP contribution is -2.33. The average Bonchev–Trinajstić information content (AvgIpc) is 2.04. The molecule has 2 N–H and O–H groups in total. The summed E-state index contributed by atoms with van der Waals surface area (Å²) < 4.78 is 5.55. The molecule has 0 bridgehead atoms. The Morgan fingerprint density at radius 3 is 2.62 bits per heavy atom. The Morgan fingerprint density at radius 1 is 1.38 bits per heavy atom. The Labute approximate surface area is 83.6 Å². The molecule has 2 atom stereocenters. The molecule has 1 unspecified atom stereocenters. The maximum absolute atomic E-state index is 5.80. The molecule has 2 nitrogen and oxygen atoms in total. The largest absolute Gasteiger partial charge is 0.489 e. The third-order valence-electron chi connectivity index (χ3n) is 1.86. The van der Waals surface area contributed by atoms with E-state index in [1.807, 2.05) is 32.0 Å². The lowest BCUT2D eigenvalue weighted by molar-refractivity contribution is 0.196. The Kier molecular flexibility index (Phi) is 3.58. The molecule has 0 fully saturated rings. The van der Waals surface area contributed by atoms with Crippen LogP contribution in [0.3, 0.4) is 0 Å². The summed E-state index contributed by atoms with van der Waals surface area (Å²) in [6.07, 6.45) is -0.00142. The Balaban J connectivity index is 2.64. The molecule has 0 aliphatic carbocycles. The van der Waals surface area contributed by atoms with Crippen molar-refractivity contribution in [3.63, 3.8) is 0 Å². The molecule has 1 aromatic rings. The molecular formula is C10H14ClNO. The summed E-state index contributed by atoms with van der Waals surface area (Å²) in [6.45, 7) is 3.85. The smallest absolute Gasteiger partial charge is 0.121 e. The Hall–Kier alpha value is -0.730. The van der Waals surface area contributed by atoms with Gasteiger partial charge in [-0.15, -0.1) is 0 Å². The Bertz CT molecular complexity index is 275. The second kappa shape index (κ2) is 4.49. The van der Waals surface area contributed by atoms with E-state index >= 15 is 0 Å². The van der Waals surface area contributed by atoms with Gasteiger partial charge in [0.2, 0.25) is 0 Å². The van der Waals surface area contributed by atoms with Crippen LogP contribution < -0.4 is 10.5 Å². The van der Waals surface area contributed by atoms with E-state index < -0.39 is 0 Å². The highest BCUT2D eigenvalue weighted by Crippen LogP contribution is 2.18. The van der Waals surface area contributed by atoms with Crippen LogP contribution in [0.15, 0.2) is 24.3 Å². The molecular weight excluding hydrogens is 186 g/mol. The first-order chi connectivity index (χ1) is 6.09. The van der Waals surface area contributed by atoms with Gasteiger partial charge in [0.05, 0.1) is 0 Å². The van der Waals surface area contributed by atoms with Crippen LogP contribution >= 0.6 is 11.6 Å². The van der Waals surface area contributed by atoms with Crippen LogP contribution in [0, 0.1) is 0 Å². The van der Waals surface area contributed by atoms with E-state index in [0.717, 1.165) is 5.75 Å². The van der Waals surface area contributed by atoms with Crippen LogP contribution in [-0.2, 0) is 0 Å². The van der Waals surface area contributed by atoms with Crippen molar-refractivity contribution in [3.05, 3.63) is 29.3 Å². The van der Waals surface area contributed by atoms with Gasteiger partial charge in [-0.1, -0.05) is 17.7 Å². The second-order valence-corrected chi connectivity index (χ2v) is 3.58. The first kappa shape index (κ1) is 10.4. The fourth-order valence-electron chi connectivity index (χ4n) is 0.862. The highest BCUT2D eigenvalue weighted by molar-refractivity contribution is 6.30. The number of benzene rings is 1. The fourth-order valence-corrected chi connectivity index (χ4v) is 1.04. The van der Waals surface area contributed by atoms with Crippen molar-refractivity contribution in [2.24, 2.45) is 5.73 Å². The SMILES string of the molecule is CC(N)[C@H](C)Oc1cccc(Cl)c1. The summed E-state index contributed by atoms with van der Waals surface area (Å²) in [5.41, 5.74) is 5.66. The van der Waals surface area contributed by atoms with E-state index in [0.29, 0.717) is 5.02 Å². The van der Waals surface area contributed by atoms with Crippen molar-refractivity contribution in [1.82, 2.24) is 0 Å². The normalized spacial score (nSPS) is 15.1. The van der Waals surface area contributed by atoms with E-state index in [9.17, 15) is 0 Å². The van der Waals surface area contributed by atoms with Gasteiger partial charge in [-0.3, -0.25) is 0 Å². The third-order valence-corrected chi connectivity index (χ3v) is 2.09. The zero-order valence-electron chi connectivity index (χ0n) is 7.83. The number of rotatable bonds is 3. The van der Waals surface area contributed by atoms with Gasteiger partial charge in [-0.25, -0.2) is 0 Å².